The monoisotopic (exact) mass is 364 g/mol. The second-order valence-corrected chi connectivity index (χ2v) is 5.34. The number of carbonyl (C=O) groups is 4. The first kappa shape index (κ1) is 21.1. The predicted octanol–water partition coefficient (Wildman–Crippen LogP) is 1.52. The van der Waals surface area contributed by atoms with E-state index < -0.39 is 11.9 Å². The largest absolute Gasteiger partial charge is 0.465 e. The van der Waals surface area contributed by atoms with Crippen LogP contribution in [0.2, 0.25) is 0 Å². The molecule has 0 fully saturated rings. The van der Waals surface area contributed by atoms with Crippen molar-refractivity contribution < 1.29 is 28.7 Å². The topological polar surface area (TPSA) is 93.2 Å². The zero-order valence-corrected chi connectivity index (χ0v) is 15.5. The van der Waals surface area contributed by atoms with Crippen LogP contribution in [0.1, 0.15) is 27.7 Å². The average Bonchev–Trinajstić information content (AvgIpc) is 2.58. The molecular formula is C18H24N2O6. The molecule has 142 valence electrons. The first-order valence-corrected chi connectivity index (χ1v) is 8.27. The molecule has 0 radical (unpaired) electrons. The standard InChI is InChI=1S/C18H24N2O6/c1-5-25-17(23)11-19(13(3)21)15-7-9-16(10-8-15)20(14(4)22)12-18(24)26-6-2/h7-10H,5-6,11-12H2,1-4H3. The van der Waals surface area contributed by atoms with Crippen molar-refractivity contribution in [3.63, 3.8) is 0 Å². The van der Waals surface area contributed by atoms with Crippen LogP contribution in [0.4, 0.5) is 11.4 Å². The number of anilines is 2. The summed E-state index contributed by atoms with van der Waals surface area (Å²) in [6.45, 7) is 6.10. The molecule has 0 saturated carbocycles. The Bertz CT molecular complexity index is 599. The van der Waals surface area contributed by atoms with Crippen LogP contribution in [0.15, 0.2) is 24.3 Å². The zero-order valence-electron chi connectivity index (χ0n) is 15.5. The van der Waals surface area contributed by atoms with Gasteiger partial charge in [-0.2, -0.15) is 0 Å². The Labute approximate surface area is 152 Å². The molecule has 1 aromatic carbocycles. The Kier molecular flexibility index (Phi) is 8.27. The highest BCUT2D eigenvalue weighted by molar-refractivity contribution is 5.98. The van der Waals surface area contributed by atoms with E-state index in [1.807, 2.05) is 0 Å². The molecule has 0 saturated heterocycles. The van der Waals surface area contributed by atoms with Crippen molar-refractivity contribution in [2.45, 2.75) is 27.7 Å². The molecule has 8 nitrogen and oxygen atoms in total. The van der Waals surface area contributed by atoms with Crippen LogP contribution in [-0.4, -0.2) is 50.1 Å². The highest BCUT2D eigenvalue weighted by atomic mass is 16.5. The van der Waals surface area contributed by atoms with E-state index in [1.165, 1.54) is 23.6 Å². The Balaban J connectivity index is 2.98. The van der Waals surface area contributed by atoms with Crippen LogP contribution in [0.25, 0.3) is 0 Å². The van der Waals surface area contributed by atoms with Gasteiger partial charge in [0.15, 0.2) is 0 Å². The third-order valence-corrected chi connectivity index (χ3v) is 3.42. The SMILES string of the molecule is CCOC(=O)CN(C(C)=O)c1ccc(N(CC(=O)OCC)C(C)=O)cc1. The molecule has 8 heteroatoms. The summed E-state index contributed by atoms with van der Waals surface area (Å²) in [4.78, 5) is 49.5. The smallest absolute Gasteiger partial charge is 0.326 e. The molecule has 0 heterocycles. The van der Waals surface area contributed by atoms with Crippen molar-refractivity contribution in [1.82, 2.24) is 0 Å². The summed E-state index contributed by atoms with van der Waals surface area (Å²) in [7, 11) is 0. The minimum Gasteiger partial charge on any atom is -0.465 e. The molecule has 0 aliphatic heterocycles. The summed E-state index contributed by atoms with van der Waals surface area (Å²) in [5.41, 5.74) is 0.961. The van der Waals surface area contributed by atoms with Crippen molar-refractivity contribution in [3.05, 3.63) is 24.3 Å². The van der Waals surface area contributed by atoms with Gasteiger partial charge >= 0.3 is 11.9 Å². The number of amides is 2. The summed E-state index contributed by atoms with van der Waals surface area (Å²) in [6.07, 6.45) is 0. The number of carbonyl (C=O) groups excluding carboxylic acids is 4. The maximum Gasteiger partial charge on any atom is 0.326 e. The van der Waals surface area contributed by atoms with Gasteiger partial charge < -0.3 is 19.3 Å². The van der Waals surface area contributed by atoms with E-state index in [1.54, 1.807) is 38.1 Å². The molecule has 0 aliphatic rings. The summed E-state index contributed by atoms with van der Waals surface area (Å²) >= 11 is 0. The fourth-order valence-electron chi connectivity index (χ4n) is 2.25. The van der Waals surface area contributed by atoms with Gasteiger partial charge in [0.25, 0.3) is 0 Å². The number of rotatable bonds is 8. The number of nitrogens with zero attached hydrogens (tertiary/aromatic N) is 2. The fourth-order valence-corrected chi connectivity index (χ4v) is 2.25. The first-order valence-electron chi connectivity index (χ1n) is 8.27. The van der Waals surface area contributed by atoms with Crippen LogP contribution in [0.5, 0.6) is 0 Å². The van der Waals surface area contributed by atoms with Crippen molar-refractivity contribution in [2.24, 2.45) is 0 Å². The molecule has 0 aliphatic carbocycles. The van der Waals surface area contributed by atoms with E-state index in [0.717, 1.165) is 0 Å². The van der Waals surface area contributed by atoms with Crippen molar-refractivity contribution in [2.75, 3.05) is 36.1 Å². The minimum atomic E-state index is -0.514. The Morgan fingerprint density at radius 2 is 1.04 bits per heavy atom. The summed E-state index contributed by atoms with van der Waals surface area (Å²) in [6, 6.07) is 6.38. The Morgan fingerprint density at radius 1 is 0.731 bits per heavy atom. The van der Waals surface area contributed by atoms with Crippen LogP contribution in [0, 0.1) is 0 Å². The summed E-state index contributed by atoms with van der Waals surface area (Å²) in [5.74, 6) is -1.67. The van der Waals surface area contributed by atoms with Crippen molar-refractivity contribution in [1.29, 1.82) is 0 Å². The van der Waals surface area contributed by atoms with Gasteiger partial charge in [-0.3, -0.25) is 19.2 Å². The lowest BCUT2D eigenvalue weighted by atomic mass is 10.2. The highest BCUT2D eigenvalue weighted by Gasteiger charge is 2.19. The maximum atomic E-state index is 11.8. The van der Waals surface area contributed by atoms with E-state index in [4.69, 9.17) is 9.47 Å². The number of hydrogen-bond acceptors (Lipinski definition) is 6. The number of hydrogen-bond donors (Lipinski definition) is 0. The average molecular weight is 364 g/mol. The number of ether oxygens (including phenoxy) is 2. The lowest BCUT2D eigenvalue weighted by Gasteiger charge is -2.23. The molecular weight excluding hydrogens is 340 g/mol. The normalized spacial score (nSPS) is 10.0. The maximum absolute atomic E-state index is 11.8. The molecule has 26 heavy (non-hydrogen) atoms. The van der Waals surface area contributed by atoms with Crippen LogP contribution in [0.3, 0.4) is 0 Å². The van der Waals surface area contributed by atoms with Gasteiger partial charge in [-0.15, -0.1) is 0 Å². The quantitative estimate of drug-likeness (QED) is 0.649. The van der Waals surface area contributed by atoms with E-state index in [2.05, 4.69) is 0 Å². The van der Waals surface area contributed by atoms with Gasteiger partial charge in [-0.05, 0) is 38.1 Å². The molecule has 0 atom stereocenters. The second kappa shape index (κ2) is 10.2. The van der Waals surface area contributed by atoms with E-state index in [0.29, 0.717) is 11.4 Å². The Hall–Kier alpha value is -2.90. The molecule has 0 spiro atoms. The molecule has 1 aromatic rings. The third kappa shape index (κ3) is 6.19. The molecule has 2 amide bonds. The van der Waals surface area contributed by atoms with E-state index in [9.17, 15) is 19.2 Å². The van der Waals surface area contributed by atoms with Crippen LogP contribution >= 0.6 is 0 Å². The Morgan fingerprint density at radius 3 is 1.27 bits per heavy atom. The molecule has 0 unspecified atom stereocenters. The van der Waals surface area contributed by atoms with Gasteiger partial charge in [0.1, 0.15) is 13.1 Å². The minimum absolute atomic E-state index is 0.207. The number of benzene rings is 1. The number of esters is 2. The predicted molar refractivity (Wildman–Crippen MR) is 95.8 cm³/mol. The van der Waals surface area contributed by atoms with E-state index in [-0.39, 0.29) is 38.1 Å². The molecule has 0 bridgehead atoms. The zero-order chi connectivity index (χ0) is 19.7. The highest BCUT2D eigenvalue weighted by Crippen LogP contribution is 2.21. The van der Waals surface area contributed by atoms with Gasteiger partial charge in [0.05, 0.1) is 13.2 Å². The fraction of sp³-hybridized carbons (Fsp3) is 0.444. The molecule has 1 rings (SSSR count). The van der Waals surface area contributed by atoms with Gasteiger partial charge in [0, 0.05) is 25.2 Å². The van der Waals surface area contributed by atoms with E-state index >= 15 is 0 Å². The molecule has 0 N–H and O–H groups in total. The van der Waals surface area contributed by atoms with Gasteiger partial charge in [-0.1, -0.05) is 0 Å². The van der Waals surface area contributed by atoms with Crippen LogP contribution in [-0.2, 0) is 28.7 Å². The van der Waals surface area contributed by atoms with Crippen LogP contribution < -0.4 is 9.80 Å². The van der Waals surface area contributed by atoms with Crippen molar-refractivity contribution >= 4 is 35.1 Å². The third-order valence-electron chi connectivity index (χ3n) is 3.42. The summed E-state index contributed by atoms with van der Waals surface area (Å²) in [5, 5.41) is 0. The lowest BCUT2D eigenvalue weighted by Crippen LogP contribution is -2.36. The first-order chi connectivity index (χ1) is 12.3. The van der Waals surface area contributed by atoms with Gasteiger partial charge in [-0.25, -0.2) is 0 Å². The lowest BCUT2D eigenvalue weighted by molar-refractivity contribution is -0.142. The molecule has 0 aromatic heterocycles. The van der Waals surface area contributed by atoms with Crippen molar-refractivity contribution in [3.8, 4) is 0 Å². The van der Waals surface area contributed by atoms with Gasteiger partial charge in [0.2, 0.25) is 11.8 Å². The summed E-state index contributed by atoms with van der Waals surface area (Å²) < 4.78 is 9.73. The second-order valence-electron chi connectivity index (χ2n) is 5.34.